The van der Waals surface area contributed by atoms with E-state index in [2.05, 4.69) is 53.7 Å². The molecule has 0 saturated heterocycles. The Bertz CT molecular complexity index is 410. The van der Waals surface area contributed by atoms with Gasteiger partial charge in [-0.05, 0) is 19.3 Å². The lowest BCUT2D eigenvalue weighted by Crippen LogP contribution is -2.38. The maximum atomic E-state index is 4.68. The van der Waals surface area contributed by atoms with Gasteiger partial charge in [0.15, 0.2) is 5.96 Å². The SMILES string of the molecule is CCNC(=NCC(CC)CC)NCCc1csc(CC)n1. The smallest absolute Gasteiger partial charge is 0.191 e. The molecule has 1 heterocycles. The van der Waals surface area contributed by atoms with Crippen molar-refractivity contribution >= 4 is 17.3 Å². The molecule has 2 N–H and O–H groups in total. The molecule has 1 aromatic heterocycles. The van der Waals surface area contributed by atoms with Crippen LogP contribution in [0.1, 0.15) is 51.2 Å². The van der Waals surface area contributed by atoms with Gasteiger partial charge in [-0.25, -0.2) is 4.98 Å². The zero-order valence-corrected chi connectivity index (χ0v) is 14.7. The Balaban J connectivity index is 2.41. The number of guanidine groups is 1. The molecule has 1 rings (SSSR count). The van der Waals surface area contributed by atoms with Crippen molar-refractivity contribution in [1.82, 2.24) is 15.6 Å². The average Bonchev–Trinajstić information content (AvgIpc) is 2.96. The fraction of sp³-hybridized carbons (Fsp3) is 0.750. The molecular weight excluding hydrogens is 280 g/mol. The molecule has 0 aliphatic heterocycles. The van der Waals surface area contributed by atoms with Crippen LogP contribution in [0.15, 0.2) is 10.4 Å². The van der Waals surface area contributed by atoms with Gasteiger partial charge in [0.25, 0.3) is 0 Å². The lowest BCUT2D eigenvalue weighted by Gasteiger charge is -2.13. The standard InChI is InChI=1S/C16H30N4S/c1-5-13(6-2)11-19-16(17-8-4)18-10-9-14-12-21-15(7-3)20-14/h12-13H,5-11H2,1-4H3,(H2,17,18,19). The summed E-state index contributed by atoms with van der Waals surface area (Å²) in [5.41, 5.74) is 1.18. The molecule has 0 aliphatic rings. The van der Waals surface area contributed by atoms with E-state index in [1.54, 1.807) is 11.3 Å². The third-order valence-electron chi connectivity index (χ3n) is 3.58. The molecule has 0 radical (unpaired) electrons. The molecule has 0 saturated carbocycles. The highest BCUT2D eigenvalue weighted by molar-refractivity contribution is 7.09. The van der Waals surface area contributed by atoms with Gasteiger partial charge in [-0.1, -0.05) is 33.6 Å². The first kappa shape index (κ1) is 18.0. The molecule has 1 aromatic rings. The van der Waals surface area contributed by atoms with Crippen molar-refractivity contribution in [2.75, 3.05) is 19.6 Å². The summed E-state index contributed by atoms with van der Waals surface area (Å²) < 4.78 is 0. The van der Waals surface area contributed by atoms with E-state index in [0.717, 1.165) is 38.4 Å². The minimum atomic E-state index is 0.686. The number of aliphatic imine (C=N–C) groups is 1. The quantitative estimate of drug-likeness (QED) is 0.544. The predicted octanol–water partition coefficient (Wildman–Crippen LogP) is 3.24. The van der Waals surface area contributed by atoms with Crippen LogP contribution >= 0.6 is 11.3 Å². The summed E-state index contributed by atoms with van der Waals surface area (Å²) in [5.74, 6) is 1.61. The number of nitrogens with one attached hydrogen (secondary N) is 2. The van der Waals surface area contributed by atoms with Gasteiger partial charge in [0, 0.05) is 31.4 Å². The summed E-state index contributed by atoms with van der Waals surface area (Å²) >= 11 is 1.75. The number of hydrogen-bond donors (Lipinski definition) is 2. The molecule has 120 valence electrons. The van der Waals surface area contributed by atoms with Crippen molar-refractivity contribution in [2.45, 2.75) is 53.4 Å². The average molecular weight is 311 g/mol. The van der Waals surface area contributed by atoms with E-state index in [1.165, 1.54) is 23.5 Å². The highest BCUT2D eigenvalue weighted by Gasteiger charge is 2.04. The molecule has 0 atom stereocenters. The summed E-state index contributed by atoms with van der Waals surface area (Å²) in [4.78, 5) is 9.28. The van der Waals surface area contributed by atoms with E-state index in [-0.39, 0.29) is 0 Å². The van der Waals surface area contributed by atoms with E-state index in [1.807, 2.05) is 0 Å². The second kappa shape index (κ2) is 10.6. The molecule has 0 spiro atoms. The van der Waals surface area contributed by atoms with Crippen LogP contribution < -0.4 is 10.6 Å². The first-order valence-corrected chi connectivity index (χ1v) is 9.06. The Morgan fingerprint density at radius 1 is 1.24 bits per heavy atom. The van der Waals surface area contributed by atoms with Gasteiger partial charge in [-0.3, -0.25) is 4.99 Å². The summed E-state index contributed by atoms with van der Waals surface area (Å²) in [6.45, 7) is 11.4. The third-order valence-corrected chi connectivity index (χ3v) is 4.62. The highest BCUT2D eigenvalue weighted by atomic mass is 32.1. The minimum absolute atomic E-state index is 0.686. The van der Waals surface area contributed by atoms with Crippen molar-refractivity contribution in [1.29, 1.82) is 0 Å². The van der Waals surface area contributed by atoms with Crippen LogP contribution in [-0.2, 0) is 12.8 Å². The van der Waals surface area contributed by atoms with E-state index >= 15 is 0 Å². The van der Waals surface area contributed by atoms with Crippen LogP contribution in [0.5, 0.6) is 0 Å². The Kier molecular flexibility index (Phi) is 9.06. The van der Waals surface area contributed by atoms with Crippen molar-refractivity contribution in [3.8, 4) is 0 Å². The lowest BCUT2D eigenvalue weighted by atomic mass is 10.0. The summed E-state index contributed by atoms with van der Waals surface area (Å²) in [6.07, 6.45) is 4.36. The summed E-state index contributed by atoms with van der Waals surface area (Å²) in [5, 5.41) is 10.1. The molecule has 4 nitrogen and oxygen atoms in total. The first-order valence-electron chi connectivity index (χ1n) is 8.18. The zero-order chi connectivity index (χ0) is 15.5. The highest BCUT2D eigenvalue weighted by Crippen LogP contribution is 2.10. The van der Waals surface area contributed by atoms with Crippen LogP contribution in [0.3, 0.4) is 0 Å². The lowest BCUT2D eigenvalue weighted by molar-refractivity contribution is 0.504. The fourth-order valence-electron chi connectivity index (χ4n) is 2.04. The second-order valence-corrected chi connectivity index (χ2v) is 6.11. The number of hydrogen-bond acceptors (Lipinski definition) is 3. The van der Waals surface area contributed by atoms with E-state index < -0.39 is 0 Å². The van der Waals surface area contributed by atoms with E-state index in [4.69, 9.17) is 0 Å². The molecule has 0 fully saturated rings. The van der Waals surface area contributed by atoms with E-state index in [9.17, 15) is 0 Å². The molecule has 21 heavy (non-hydrogen) atoms. The molecule has 0 aliphatic carbocycles. The Labute approximate surface area is 133 Å². The number of nitrogens with zero attached hydrogens (tertiary/aromatic N) is 2. The van der Waals surface area contributed by atoms with Crippen molar-refractivity contribution in [3.05, 3.63) is 16.1 Å². The number of rotatable bonds is 9. The molecule has 5 heteroatoms. The van der Waals surface area contributed by atoms with Gasteiger partial charge in [0.2, 0.25) is 0 Å². The predicted molar refractivity (Wildman–Crippen MR) is 93.2 cm³/mol. The maximum Gasteiger partial charge on any atom is 0.191 e. The largest absolute Gasteiger partial charge is 0.357 e. The molecule has 0 amide bonds. The number of thiazole rings is 1. The monoisotopic (exact) mass is 310 g/mol. The van der Waals surface area contributed by atoms with Gasteiger partial charge in [0.05, 0.1) is 10.7 Å². The zero-order valence-electron chi connectivity index (χ0n) is 13.9. The fourth-order valence-corrected chi connectivity index (χ4v) is 2.82. The Morgan fingerprint density at radius 2 is 2.00 bits per heavy atom. The number of aromatic nitrogens is 1. The third kappa shape index (κ3) is 6.93. The van der Waals surface area contributed by atoms with Crippen LogP contribution in [0.2, 0.25) is 0 Å². The Morgan fingerprint density at radius 3 is 2.57 bits per heavy atom. The van der Waals surface area contributed by atoms with Crippen molar-refractivity contribution < 1.29 is 0 Å². The molecule has 0 bridgehead atoms. The van der Waals surface area contributed by atoms with Gasteiger partial charge in [-0.15, -0.1) is 11.3 Å². The molecular formula is C16H30N4S. The van der Waals surface area contributed by atoms with Crippen LogP contribution in [0.4, 0.5) is 0 Å². The number of aryl methyl sites for hydroxylation is 1. The van der Waals surface area contributed by atoms with Crippen LogP contribution in [0.25, 0.3) is 0 Å². The summed E-state index contributed by atoms with van der Waals surface area (Å²) in [6, 6.07) is 0. The normalized spacial score (nSPS) is 12.0. The van der Waals surface area contributed by atoms with Gasteiger partial charge < -0.3 is 10.6 Å². The van der Waals surface area contributed by atoms with Gasteiger partial charge in [0.1, 0.15) is 0 Å². The van der Waals surface area contributed by atoms with Crippen LogP contribution in [-0.4, -0.2) is 30.6 Å². The molecule has 0 aromatic carbocycles. The van der Waals surface area contributed by atoms with Crippen molar-refractivity contribution in [3.63, 3.8) is 0 Å². The van der Waals surface area contributed by atoms with Gasteiger partial charge >= 0.3 is 0 Å². The van der Waals surface area contributed by atoms with Crippen molar-refractivity contribution in [2.24, 2.45) is 10.9 Å². The molecule has 0 unspecified atom stereocenters. The second-order valence-electron chi connectivity index (χ2n) is 5.17. The summed E-state index contributed by atoms with van der Waals surface area (Å²) in [7, 11) is 0. The van der Waals surface area contributed by atoms with E-state index in [0.29, 0.717) is 5.92 Å². The van der Waals surface area contributed by atoms with Gasteiger partial charge in [-0.2, -0.15) is 0 Å². The Hall–Kier alpha value is -1.10. The topological polar surface area (TPSA) is 49.3 Å². The first-order chi connectivity index (χ1) is 10.2. The minimum Gasteiger partial charge on any atom is -0.357 e. The van der Waals surface area contributed by atoms with Crippen LogP contribution in [0, 0.1) is 5.92 Å². The maximum absolute atomic E-state index is 4.68.